The van der Waals surface area contributed by atoms with E-state index in [4.69, 9.17) is 16.3 Å². The molecule has 0 radical (unpaired) electrons. The monoisotopic (exact) mass is 479 g/mol. The lowest BCUT2D eigenvalue weighted by Crippen LogP contribution is -2.26. The molecule has 0 unspecified atom stereocenters. The number of amides is 1. The lowest BCUT2D eigenvalue weighted by molar-refractivity contribution is -0.118. The van der Waals surface area contributed by atoms with E-state index in [0.29, 0.717) is 39.9 Å². The van der Waals surface area contributed by atoms with Crippen LogP contribution in [-0.2, 0) is 11.3 Å². The van der Waals surface area contributed by atoms with Crippen molar-refractivity contribution in [2.24, 2.45) is 0 Å². The highest BCUT2D eigenvalue weighted by Crippen LogP contribution is 2.23. The van der Waals surface area contributed by atoms with Crippen LogP contribution in [0, 0.1) is 0 Å². The van der Waals surface area contributed by atoms with Crippen LogP contribution >= 0.6 is 23.4 Å². The average molecular weight is 480 g/mol. The molecule has 0 saturated heterocycles. The van der Waals surface area contributed by atoms with Crippen LogP contribution in [0.3, 0.4) is 0 Å². The zero-order chi connectivity index (χ0) is 23.2. The van der Waals surface area contributed by atoms with E-state index in [-0.39, 0.29) is 17.2 Å². The summed E-state index contributed by atoms with van der Waals surface area (Å²) in [6, 6.07) is 21.7. The van der Waals surface area contributed by atoms with Gasteiger partial charge in [0.05, 0.1) is 29.0 Å². The van der Waals surface area contributed by atoms with Crippen molar-refractivity contribution < 1.29 is 9.53 Å². The molecule has 0 aliphatic carbocycles. The third kappa shape index (κ3) is 5.56. The molecule has 6 nitrogen and oxygen atoms in total. The second-order valence-corrected chi connectivity index (χ2v) is 8.55. The Kier molecular flexibility index (Phi) is 7.32. The molecule has 0 spiro atoms. The molecule has 0 fully saturated rings. The Morgan fingerprint density at radius 1 is 1.06 bits per heavy atom. The van der Waals surface area contributed by atoms with Gasteiger partial charge in [0, 0.05) is 11.6 Å². The summed E-state index contributed by atoms with van der Waals surface area (Å²) in [4.78, 5) is 30.5. The summed E-state index contributed by atoms with van der Waals surface area (Å²) in [5.41, 5.74) is 2.02. The second-order valence-electron chi connectivity index (χ2n) is 7.17. The molecule has 1 N–H and O–H groups in total. The highest BCUT2D eigenvalue weighted by atomic mass is 35.5. The molecule has 4 rings (SSSR count). The van der Waals surface area contributed by atoms with Gasteiger partial charge in [-0.05, 0) is 61.0 Å². The smallest absolute Gasteiger partial charge is 0.266 e. The highest BCUT2D eigenvalue weighted by molar-refractivity contribution is 7.99. The van der Waals surface area contributed by atoms with E-state index in [1.165, 1.54) is 16.3 Å². The van der Waals surface area contributed by atoms with Crippen molar-refractivity contribution >= 4 is 40.2 Å². The number of hydrogen-bond acceptors (Lipinski definition) is 5. The maximum Gasteiger partial charge on any atom is 0.266 e. The number of fused-ring (bicyclic) bond motifs is 1. The second kappa shape index (κ2) is 10.6. The first-order valence-corrected chi connectivity index (χ1v) is 11.8. The molecule has 168 valence electrons. The van der Waals surface area contributed by atoms with Gasteiger partial charge in [-0.25, -0.2) is 4.98 Å². The molecule has 0 bridgehead atoms. The van der Waals surface area contributed by atoms with Gasteiger partial charge in [0.2, 0.25) is 5.91 Å². The van der Waals surface area contributed by atoms with Crippen LogP contribution in [0.25, 0.3) is 16.6 Å². The third-order valence-electron chi connectivity index (χ3n) is 4.89. The maximum atomic E-state index is 13.3. The molecule has 0 aliphatic heterocycles. The predicted molar refractivity (Wildman–Crippen MR) is 133 cm³/mol. The van der Waals surface area contributed by atoms with Gasteiger partial charge in [-0.1, -0.05) is 47.6 Å². The molecule has 8 heteroatoms. The summed E-state index contributed by atoms with van der Waals surface area (Å²) in [6.45, 7) is 2.87. The molecule has 1 amide bonds. The molecule has 1 heterocycles. The lowest BCUT2D eigenvalue weighted by Gasteiger charge is -2.14. The van der Waals surface area contributed by atoms with E-state index >= 15 is 0 Å². The van der Waals surface area contributed by atoms with E-state index in [2.05, 4.69) is 10.3 Å². The molecule has 0 atom stereocenters. The number of hydrogen-bond donors (Lipinski definition) is 1. The van der Waals surface area contributed by atoms with E-state index in [1.54, 1.807) is 24.3 Å². The Morgan fingerprint density at radius 2 is 1.79 bits per heavy atom. The van der Waals surface area contributed by atoms with E-state index in [1.807, 2.05) is 55.5 Å². The number of carbonyl (C=O) groups excluding carboxylic acids is 1. The number of rotatable bonds is 8. The first-order chi connectivity index (χ1) is 16.0. The van der Waals surface area contributed by atoms with Gasteiger partial charge in [-0.15, -0.1) is 0 Å². The van der Waals surface area contributed by atoms with Gasteiger partial charge in [0.15, 0.2) is 5.16 Å². The summed E-state index contributed by atoms with van der Waals surface area (Å²) in [5.74, 6) is 0.685. The molecule has 0 saturated carbocycles. The van der Waals surface area contributed by atoms with Crippen molar-refractivity contribution in [3.63, 3.8) is 0 Å². The van der Waals surface area contributed by atoms with Gasteiger partial charge in [-0.3, -0.25) is 14.2 Å². The Morgan fingerprint density at radius 3 is 2.52 bits per heavy atom. The topological polar surface area (TPSA) is 73.2 Å². The summed E-state index contributed by atoms with van der Waals surface area (Å²) in [5, 5.41) is 4.50. The summed E-state index contributed by atoms with van der Waals surface area (Å²) in [7, 11) is 0. The maximum absolute atomic E-state index is 13.3. The number of thioether (sulfide) groups is 1. The fourth-order valence-corrected chi connectivity index (χ4v) is 4.25. The zero-order valence-electron chi connectivity index (χ0n) is 18.0. The van der Waals surface area contributed by atoms with Crippen molar-refractivity contribution in [2.45, 2.75) is 18.6 Å². The van der Waals surface area contributed by atoms with Gasteiger partial charge in [0.1, 0.15) is 5.75 Å². The summed E-state index contributed by atoms with van der Waals surface area (Å²) < 4.78 is 7.04. The molecular formula is C25H22ClN3O3S. The minimum atomic E-state index is -0.186. The van der Waals surface area contributed by atoms with Crippen LogP contribution in [0.1, 0.15) is 12.5 Å². The summed E-state index contributed by atoms with van der Waals surface area (Å²) in [6.07, 6.45) is 0. The Hall–Kier alpha value is -3.29. The predicted octanol–water partition coefficient (Wildman–Crippen LogP) is 4.85. The van der Waals surface area contributed by atoms with Gasteiger partial charge in [-0.2, -0.15) is 0 Å². The van der Waals surface area contributed by atoms with Crippen molar-refractivity contribution in [2.75, 3.05) is 12.4 Å². The Bertz CT molecular complexity index is 1320. The van der Waals surface area contributed by atoms with Crippen molar-refractivity contribution in [1.29, 1.82) is 0 Å². The lowest BCUT2D eigenvalue weighted by atomic mass is 10.2. The molecule has 0 aliphatic rings. The molecule has 3 aromatic carbocycles. The van der Waals surface area contributed by atoms with Gasteiger partial charge >= 0.3 is 0 Å². The molecule has 4 aromatic rings. The molecule has 33 heavy (non-hydrogen) atoms. The minimum Gasteiger partial charge on any atom is -0.494 e. The van der Waals surface area contributed by atoms with Crippen molar-refractivity contribution in [3.8, 4) is 11.4 Å². The van der Waals surface area contributed by atoms with E-state index in [0.717, 1.165) is 11.3 Å². The Labute approximate surface area is 200 Å². The Balaban J connectivity index is 1.57. The number of nitrogens with one attached hydrogen (secondary N) is 1. The first-order valence-electron chi connectivity index (χ1n) is 10.4. The largest absolute Gasteiger partial charge is 0.494 e. The molecule has 1 aromatic heterocycles. The number of nitrogens with zero attached hydrogens (tertiary/aromatic N) is 2. The average Bonchev–Trinajstić information content (AvgIpc) is 2.83. The van der Waals surface area contributed by atoms with Crippen LogP contribution in [0.4, 0.5) is 0 Å². The van der Waals surface area contributed by atoms with Gasteiger partial charge in [0.25, 0.3) is 5.56 Å². The number of halogens is 1. The number of ether oxygens (including phenoxy) is 1. The van der Waals surface area contributed by atoms with Gasteiger partial charge < -0.3 is 10.1 Å². The van der Waals surface area contributed by atoms with Crippen LogP contribution in [0.15, 0.2) is 82.7 Å². The van der Waals surface area contributed by atoms with Crippen LogP contribution in [0.5, 0.6) is 5.75 Å². The number of carbonyl (C=O) groups is 1. The number of aromatic nitrogens is 2. The van der Waals surface area contributed by atoms with E-state index in [9.17, 15) is 9.59 Å². The van der Waals surface area contributed by atoms with Crippen LogP contribution in [-0.4, -0.2) is 27.8 Å². The quantitative estimate of drug-likeness (QED) is 0.289. The zero-order valence-corrected chi connectivity index (χ0v) is 19.5. The van der Waals surface area contributed by atoms with E-state index < -0.39 is 0 Å². The third-order valence-corrected chi connectivity index (χ3v) is 6.08. The number of benzene rings is 3. The number of para-hydroxylation sites is 1. The highest BCUT2D eigenvalue weighted by Gasteiger charge is 2.15. The normalized spacial score (nSPS) is 10.8. The standard InChI is InChI=1S/C25H22ClN3O3S/c1-2-32-20-13-11-19(12-14-20)29-24(31)21-5-3-4-6-22(21)28-25(29)33-16-23(30)27-15-17-7-9-18(26)10-8-17/h3-14H,2,15-16H2,1H3,(H,27,30). The molecular weight excluding hydrogens is 458 g/mol. The fourth-order valence-electron chi connectivity index (χ4n) is 3.28. The van der Waals surface area contributed by atoms with Crippen molar-refractivity contribution in [1.82, 2.24) is 14.9 Å². The SMILES string of the molecule is CCOc1ccc(-n2c(SCC(=O)NCc3ccc(Cl)cc3)nc3ccccc3c2=O)cc1. The van der Waals surface area contributed by atoms with Crippen molar-refractivity contribution in [3.05, 3.63) is 93.7 Å². The summed E-state index contributed by atoms with van der Waals surface area (Å²) >= 11 is 7.12. The van der Waals surface area contributed by atoms with Crippen LogP contribution in [0.2, 0.25) is 5.02 Å². The fraction of sp³-hybridized carbons (Fsp3) is 0.160. The van der Waals surface area contributed by atoms with Crippen LogP contribution < -0.4 is 15.6 Å². The minimum absolute atomic E-state index is 0.120. The first kappa shape index (κ1) is 22.9.